The monoisotopic (exact) mass is 328 g/mol. The van der Waals surface area contributed by atoms with Gasteiger partial charge in [-0.2, -0.15) is 9.57 Å². The number of carbonyl (C=O) groups is 1. The Morgan fingerprint density at radius 3 is 2.71 bits per heavy atom. The van der Waals surface area contributed by atoms with E-state index in [1.54, 1.807) is 0 Å². The molecule has 0 aliphatic carbocycles. The van der Waals surface area contributed by atoms with Gasteiger partial charge in [0, 0.05) is 6.54 Å². The molecule has 0 bridgehead atoms. The van der Waals surface area contributed by atoms with Crippen LogP contribution in [0.25, 0.3) is 0 Å². The maximum absolute atomic E-state index is 12.6. The van der Waals surface area contributed by atoms with Crippen LogP contribution in [0.5, 0.6) is 0 Å². The van der Waals surface area contributed by atoms with Crippen LogP contribution >= 0.6 is 11.6 Å². The van der Waals surface area contributed by atoms with Gasteiger partial charge in [-0.3, -0.25) is 4.79 Å². The molecule has 6 nitrogen and oxygen atoms in total. The first-order chi connectivity index (χ1) is 9.87. The molecule has 0 aromatic heterocycles. The van der Waals surface area contributed by atoms with Crippen molar-refractivity contribution in [3.8, 4) is 6.07 Å². The highest BCUT2D eigenvalue weighted by Crippen LogP contribution is 2.28. The van der Waals surface area contributed by atoms with E-state index in [1.807, 2.05) is 6.07 Å². The van der Waals surface area contributed by atoms with Crippen molar-refractivity contribution in [2.24, 2.45) is 0 Å². The van der Waals surface area contributed by atoms with Gasteiger partial charge in [0.05, 0.1) is 15.5 Å². The molecule has 0 radical (unpaired) electrons. The molecule has 0 spiro atoms. The van der Waals surface area contributed by atoms with E-state index in [4.69, 9.17) is 16.9 Å². The molecule has 2 rings (SSSR count). The Hall–Kier alpha value is -1.62. The summed E-state index contributed by atoms with van der Waals surface area (Å²) in [6.07, 6.45) is 1.59. The molecule has 1 fully saturated rings. The molecule has 1 unspecified atom stereocenters. The fourth-order valence-electron chi connectivity index (χ4n) is 2.32. The minimum Gasteiger partial charge on any atom is -0.480 e. The molecule has 0 amide bonds. The maximum atomic E-state index is 12.6. The first-order valence-electron chi connectivity index (χ1n) is 6.32. The normalized spacial score (nSPS) is 19.9. The number of sulfonamides is 1. The van der Waals surface area contributed by atoms with Gasteiger partial charge in [0.1, 0.15) is 12.1 Å². The van der Waals surface area contributed by atoms with Gasteiger partial charge in [-0.15, -0.1) is 0 Å². The third-order valence-corrected chi connectivity index (χ3v) is 5.62. The lowest BCUT2D eigenvalue weighted by atomic mass is 10.1. The number of carboxylic acid groups (broad SMARTS) is 1. The second kappa shape index (κ2) is 6.02. The molecule has 1 aromatic carbocycles. The van der Waals surface area contributed by atoms with Gasteiger partial charge in [0.2, 0.25) is 10.0 Å². The van der Waals surface area contributed by atoms with Crippen LogP contribution in [0.1, 0.15) is 24.8 Å². The summed E-state index contributed by atoms with van der Waals surface area (Å²) in [5.41, 5.74) is 0.170. The minimum absolute atomic E-state index is 0.0301. The summed E-state index contributed by atoms with van der Waals surface area (Å²) in [5, 5.41) is 18.0. The Morgan fingerprint density at radius 1 is 1.43 bits per heavy atom. The van der Waals surface area contributed by atoms with Crippen LogP contribution < -0.4 is 0 Å². The lowest BCUT2D eigenvalue weighted by Crippen LogP contribution is -2.47. The van der Waals surface area contributed by atoms with E-state index < -0.39 is 22.0 Å². The zero-order chi connectivity index (χ0) is 15.6. The number of carboxylic acids is 1. The lowest BCUT2D eigenvalue weighted by Gasteiger charge is -2.31. The van der Waals surface area contributed by atoms with Crippen LogP contribution in [-0.2, 0) is 14.8 Å². The molecule has 1 aliphatic rings. The molecule has 1 heterocycles. The number of rotatable bonds is 3. The van der Waals surface area contributed by atoms with E-state index in [0.29, 0.717) is 19.3 Å². The fraction of sp³-hybridized carbons (Fsp3) is 0.385. The zero-order valence-corrected chi connectivity index (χ0v) is 12.6. The predicted molar refractivity (Wildman–Crippen MR) is 75.3 cm³/mol. The number of piperidine rings is 1. The SMILES string of the molecule is N#Cc1ccc(S(=O)(=O)N2CCCCC2C(=O)O)cc1Cl. The number of nitrogens with zero attached hydrogens (tertiary/aromatic N) is 2. The Kier molecular flexibility index (Phi) is 4.52. The van der Waals surface area contributed by atoms with Crippen LogP contribution in [0.3, 0.4) is 0 Å². The predicted octanol–water partition coefficient (Wildman–Crippen LogP) is 1.84. The Balaban J connectivity index is 2.43. The van der Waals surface area contributed by atoms with Crippen LogP contribution in [0, 0.1) is 11.3 Å². The summed E-state index contributed by atoms with van der Waals surface area (Å²) in [7, 11) is -3.95. The first kappa shape index (κ1) is 15.8. The highest BCUT2D eigenvalue weighted by atomic mass is 35.5. The standard InChI is InChI=1S/C13H13ClN2O4S/c14-11-7-10(5-4-9(11)8-15)21(19,20)16-6-2-1-3-12(16)13(17)18/h4-5,7,12H,1-3,6H2,(H,17,18). The Bertz CT molecular complexity index is 711. The van der Waals surface area contributed by atoms with Crippen molar-refractivity contribution in [3.05, 3.63) is 28.8 Å². The molecule has 8 heteroatoms. The second-order valence-corrected chi connectivity index (χ2v) is 7.02. The lowest BCUT2D eigenvalue weighted by molar-refractivity contribution is -0.142. The summed E-state index contributed by atoms with van der Waals surface area (Å²) < 4.78 is 26.1. The number of nitriles is 1. The van der Waals surface area contributed by atoms with Crippen molar-refractivity contribution < 1.29 is 18.3 Å². The number of hydrogen-bond donors (Lipinski definition) is 1. The third kappa shape index (κ3) is 3.02. The molecule has 1 atom stereocenters. The Morgan fingerprint density at radius 2 is 2.14 bits per heavy atom. The van der Waals surface area contributed by atoms with Gasteiger partial charge < -0.3 is 5.11 Å². The van der Waals surface area contributed by atoms with Crippen molar-refractivity contribution in [3.63, 3.8) is 0 Å². The van der Waals surface area contributed by atoms with Crippen LogP contribution in [0.2, 0.25) is 5.02 Å². The topological polar surface area (TPSA) is 98.5 Å². The number of hydrogen-bond acceptors (Lipinski definition) is 4. The van der Waals surface area contributed by atoms with Crippen LogP contribution in [-0.4, -0.2) is 36.4 Å². The van der Waals surface area contributed by atoms with E-state index in [2.05, 4.69) is 0 Å². The minimum atomic E-state index is -3.95. The van der Waals surface area contributed by atoms with E-state index in [9.17, 15) is 18.3 Å². The molecule has 1 N–H and O–H groups in total. The molecule has 1 aliphatic heterocycles. The molecule has 1 aromatic rings. The highest BCUT2D eigenvalue weighted by Gasteiger charge is 2.37. The molecule has 0 saturated carbocycles. The largest absolute Gasteiger partial charge is 0.480 e. The van der Waals surface area contributed by atoms with Gasteiger partial charge in [-0.25, -0.2) is 8.42 Å². The number of benzene rings is 1. The van der Waals surface area contributed by atoms with Crippen molar-refractivity contribution >= 4 is 27.6 Å². The van der Waals surface area contributed by atoms with Crippen LogP contribution in [0.4, 0.5) is 0 Å². The first-order valence-corrected chi connectivity index (χ1v) is 8.14. The van der Waals surface area contributed by atoms with Gasteiger partial charge in [-0.05, 0) is 37.5 Å². The quantitative estimate of drug-likeness (QED) is 0.912. The second-order valence-electron chi connectivity index (χ2n) is 4.72. The van der Waals surface area contributed by atoms with Crippen molar-refractivity contribution in [2.45, 2.75) is 30.2 Å². The van der Waals surface area contributed by atoms with Crippen molar-refractivity contribution in [2.75, 3.05) is 6.54 Å². The Labute approximate surface area is 127 Å². The van der Waals surface area contributed by atoms with Crippen molar-refractivity contribution in [1.82, 2.24) is 4.31 Å². The van der Waals surface area contributed by atoms with E-state index in [0.717, 1.165) is 4.31 Å². The van der Waals surface area contributed by atoms with Crippen molar-refractivity contribution in [1.29, 1.82) is 5.26 Å². The number of halogens is 1. The fourth-order valence-corrected chi connectivity index (χ4v) is 4.29. The molecular weight excluding hydrogens is 316 g/mol. The van der Waals surface area contributed by atoms with E-state index in [-0.39, 0.29) is 22.0 Å². The molecule has 21 heavy (non-hydrogen) atoms. The summed E-state index contributed by atoms with van der Waals surface area (Å²) >= 11 is 5.85. The van der Waals surface area contributed by atoms with E-state index >= 15 is 0 Å². The zero-order valence-electron chi connectivity index (χ0n) is 11.0. The van der Waals surface area contributed by atoms with E-state index in [1.165, 1.54) is 18.2 Å². The van der Waals surface area contributed by atoms with Crippen LogP contribution in [0.15, 0.2) is 23.1 Å². The van der Waals surface area contributed by atoms with Gasteiger partial charge in [0.15, 0.2) is 0 Å². The third-order valence-electron chi connectivity index (χ3n) is 3.41. The van der Waals surface area contributed by atoms with Gasteiger partial charge in [-0.1, -0.05) is 11.6 Å². The smallest absolute Gasteiger partial charge is 0.322 e. The summed E-state index contributed by atoms with van der Waals surface area (Å²) in [6, 6.07) is 4.56. The summed E-state index contributed by atoms with van der Waals surface area (Å²) in [5.74, 6) is -1.15. The summed E-state index contributed by atoms with van der Waals surface area (Å²) in [6.45, 7) is 0.164. The molecular formula is C13H13ClN2O4S. The average Bonchev–Trinajstić information content (AvgIpc) is 2.47. The number of aliphatic carboxylic acids is 1. The highest BCUT2D eigenvalue weighted by molar-refractivity contribution is 7.89. The molecule has 112 valence electrons. The van der Waals surface area contributed by atoms with Gasteiger partial charge in [0.25, 0.3) is 0 Å². The maximum Gasteiger partial charge on any atom is 0.322 e. The summed E-state index contributed by atoms with van der Waals surface area (Å²) in [4.78, 5) is 11.1. The van der Waals surface area contributed by atoms with Gasteiger partial charge >= 0.3 is 5.97 Å². The molecule has 1 saturated heterocycles. The average molecular weight is 329 g/mol.